The number of hydrogen-bond donors (Lipinski definition) is 0. The summed E-state index contributed by atoms with van der Waals surface area (Å²) < 4.78 is 0. The zero-order chi connectivity index (χ0) is 7.56. The van der Waals surface area contributed by atoms with Gasteiger partial charge in [0.05, 0.1) is 5.75 Å². The van der Waals surface area contributed by atoms with E-state index in [0.29, 0.717) is 11.5 Å². The highest BCUT2D eigenvalue weighted by Gasteiger charge is 2.16. The predicted octanol–water partition coefficient (Wildman–Crippen LogP) is 0.748. The Bertz CT molecular complexity index is 174. The summed E-state index contributed by atoms with van der Waals surface area (Å²) in [6.45, 7) is 0. The summed E-state index contributed by atoms with van der Waals surface area (Å²) >= 11 is 1.69. The van der Waals surface area contributed by atoms with E-state index in [1.165, 1.54) is 0 Å². The van der Waals surface area contributed by atoms with Gasteiger partial charge in [-0.3, -0.25) is 4.79 Å². The highest BCUT2D eigenvalue weighted by Crippen LogP contribution is 2.18. The Morgan fingerprint density at radius 3 is 2.60 bits per heavy atom. The standard InChI is InChI=1S/C7H11NOS/c1-8(2)3-6-4-10-5-7(6)9/h3H,4-5H2,1-2H3/b6-3-. The van der Waals surface area contributed by atoms with Crippen LogP contribution < -0.4 is 0 Å². The van der Waals surface area contributed by atoms with E-state index in [4.69, 9.17) is 0 Å². The van der Waals surface area contributed by atoms with Crippen LogP contribution in [0.5, 0.6) is 0 Å². The van der Waals surface area contributed by atoms with E-state index in [-0.39, 0.29) is 0 Å². The molecule has 0 bridgehead atoms. The van der Waals surface area contributed by atoms with Crippen molar-refractivity contribution in [1.29, 1.82) is 0 Å². The minimum Gasteiger partial charge on any atom is -0.383 e. The largest absolute Gasteiger partial charge is 0.383 e. The maximum absolute atomic E-state index is 11.0. The Morgan fingerprint density at radius 1 is 1.50 bits per heavy atom. The second-order valence-corrected chi connectivity index (χ2v) is 3.52. The van der Waals surface area contributed by atoms with Crippen LogP contribution in [0.25, 0.3) is 0 Å². The van der Waals surface area contributed by atoms with Gasteiger partial charge in [0.15, 0.2) is 5.78 Å². The fraction of sp³-hybridized carbons (Fsp3) is 0.571. The lowest BCUT2D eigenvalue weighted by atomic mass is 10.2. The van der Waals surface area contributed by atoms with Gasteiger partial charge in [-0.2, -0.15) is 0 Å². The molecule has 0 aromatic rings. The molecule has 0 radical (unpaired) electrons. The lowest BCUT2D eigenvalue weighted by molar-refractivity contribution is -0.112. The topological polar surface area (TPSA) is 20.3 Å². The maximum atomic E-state index is 11.0. The third kappa shape index (κ3) is 1.77. The molecular weight excluding hydrogens is 146 g/mol. The average molecular weight is 157 g/mol. The first kappa shape index (κ1) is 7.66. The van der Waals surface area contributed by atoms with Gasteiger partial charge in [-0.15, -0.1) is 11.8 Å². The van der Waals surface area contributed by atoms with Gasteiger partial charge in [0.25, 0.3) is 0 Å². The first-order valence-corrected chi connectivity index (χ1v) is 4.33. The summed E-state index contributed by atoms with van der Waals surface area (Å²) in [7, 11) is 3.87. The first-order chi connectivity index (χ1) is 4.70. The van der Waals surface area contributed by atoms with E-state index >= 15 is 0 Å². The van der Waals surface area contributed by atoms with Crippen molar-refractivity contribution in [2.24, 2.45) is 0 Å². The Morgan fingerprint density at radius 2 is 2.20 bits per heavy atom. The molecule has 1 aliphatic heterocycles. The quantitative estimate of drug-likeness (QED) is 0.524. The Kier molecular flexibility index (Phi) is 2.38. The first-order valence-electron chi connectivity index (χ1n) is 3.18. The molecule has 0 saturated carbocycles. The molecule has 0 atom stereocenters. The number of thioether (sulfide) groups is 1. The predicted molar refractivity (Wildman–Crippen MR) is 44.1 cm³/mol. The van der Waals surface area contributed by atoms with E-state index in [9.17, 15) is 4.79 Å². The molecule has 0 aromatic heterocycles. The second kappa shape index (κ2) is 3.10. The third-order valence-electron chi connectivity index (χ3n) is 1.26. The van der Waals surface area contributed by atoms with Crippen LogP contribution in [-0.2, 0) is 4.79 Å². The normalized spacial score (nSPS) is 22.2. The summed E-state index contributed by atoms with van der Waals surface area (Å²) in [5.74, 6) is 1.84. The molecule has 0 aromatic carbocycles. The molecule has 0 aliphatic carbocycles. The van der Waals surface area contributed by atoms with Crippen molar-refractivity contribution in [2.75, 3.05) is 25.6 Å². The van der Waals surface area contributed by atoms with Crippen molar-refractivity contribution < 1.29 is 4.79 Å². The lowest BCUT2D eigenvalue weighted by Crippen LogP contribution is -2.07. The fourth-order valence-corrected chi connectivity index (χ4v) is 1.78. The van der Waals surface area contributed by atoms with Crippen molar-refractivity contribution in [3.05, 3.63) is 11.8 Å². The molecule has 56 valence electrons. The SMILES string of the molecule is CN(C)/C=C1/CSCC1=O. The fourth-order valence-electron chi connectivity index (χ4n) is 0.848. The maximum Gasteiger partial charge on any atom is 0.171 e. The van der Waals surface area contributed by atoms with Crippen LogP contribution in [0, 0.1) is 0 Å². The lowest BCUT2D eigenvalue weighted by Gasteiger charge is -2.04. The van der Waals surface area contributed by atoms with Gasteiger partial charge in [-0.1, -0.05) is 0 Å². The molecule has 10 heavy (non-hydrogen) atoms. The van der Waals surface area contributed by atoms with Gasteiger partial charge in [-0.25, -0.2) is 0 Å². The molecule has 0 unspecified atom stereocenters. The minimum absolute atomic E-state index is 0.290. The van der Waals surface area contributed by atoms with Gasteiger partial charge in [-0.05, 0) is 0 Å². The Labute approximate surface area is 65.3 Å². The summed E-state index contributed by atoms with van der Waals surface area (Å²) in [6.07, 6.45) is 1.91. The summed E-state index contributed by atoms with van der Waals surface area (Å²) in [4.78, 5) is 12.9. The molecule has 2 nitrogen and oxygen atoms in total. The number of carbonyl (C=O) groups excluding carboxylic acids is 1. The van der Waals surface area contributed by atoms with E-state index in [0.717, 1.165) is 11.3 Å². The van der Waals surface area contributed by atoms with Gasteiger partial charge in [0.1, 0.15) is 0 Å². The van der Waals surface area contributed by atoms with Gasteiger partial charge in [0.2, 0.25) is 0 Å². The van der Waals surface area contributed by atoms with Crippen LogP contribution in [-0.4, -0.2) is 36.3 Å². The summed E-state index contributed by atoms with van der Waals surface area (Å²) in [5, 5.41) is 0. The highest BCUT2D eigenvalue weighted by atomic mass is 32.2. The van der Waals surface area contributed by atoms with Crippen molar-refractivity contribution >= 4 is 17.5 Å². The van der Waals surface area contributed by atoms with Crippen molar-refractivity contribution in [1.82, 2.24) is 4.90 Å². The zero-order valence-corrected chi connectivity index (χ0v) is 7.07. The van der Waals surface area contributed by atoms with E-state index in [2.05, 4.69) is 0 Å². The molecule has 1 aliphatic rings. The third-order valence-corrected chi connectivity index (χ3v) is 2.24. The second-order valence-electron chi connectivity index (χ2n) is 2.53. The molecule has 1 rings (SSSR count). The molecular formula is C7H11NOS. The smallest absolute Gasteiger partial charge is 0.171 e. The van der Waals surface area contributed by atoms with E-state index in [1.54, 1.807) is 11.8 Å². The van der Waals surface area contributed by atoms with E-state index < -0.39 is 0 Å². The Balaban J connectivity index is 2.62. The van der Waals surface area contributed by atoms with Crippen molar-refractivity contribution in [2.45, 2.75) is 0 Å². The highest BCUT2D eigenvalue weighted by molar-refractivity contribution is 8.00. The number of carbonyl (C=O) groups is 1. The number of rotatable bonds is 1. The van der Waals surface area contributed by atoms with Gasteiger partial charge in [0, 0.05) is 31.6 Å². The molecule has 1 heterocycles. The van der Waals surface area contributed by atoms with Gasteiger partial charge >= 0.3 is 0 Å². The van der Waals surface area contributed by atoms with Crippen LogP contribution in [0.15, 0.2) is 11.8 Å². The van der Waals surface area contributed by atoms with Crippen LogP contribution in [0.4, 0.5) is 0 Å². The number of nitrogens with zero attached hydrogens (tertiary/aromatic N) is 1. The molecule has 1 fully saturated rings. The number of Topliss-reactive ketones (excluding diaryl/α,β-unsaturated/α-hetero) is 1. The average Bonchev–Trinajstić information content (AvgIpc) is 2.15. The van der Waals surface area contributed by atoms with Crippen LogP contribution >= 0.6 is 11.8 Å². The van der Waals surface area contributed by atoms with Crippen molar-refractivity contribution in [3.63, 3.8) is 0 Å². The summed E-state index contributed by atoms with van der Waals surface area (Å²) in [6, 6.07) is 0. The van der Waals surface area contributed by atoms with Crippen LogP contribution in [0.3, 0.4) is 0 Å². The molecule has 0 N–H and O–H groups in total. The number of ketones is 1. The monoisotopic (exact) mass is 157 g/mol. The minimum atomic E-state index is 0.290. The van der Waals surface area contributed by atoms with E-state index in [1.807, 2.05) is 25.2 Å². The molecule has 0 spiro atoms. The van der Waals surface area contributed by atoms with Gasteiger partial charge < -0.3 is 4.90 Å². The van der Waals surface area contributed by atoms with Crippen LogP contribution in [0.1, 0.15) is 0 Å². The van der Waals surface area contributed by atoms with Crippen molar-refractivity contribution in [3.8, 4) is 0 Å². The Hall–Kier alpha value is -0.440. The molecule has 0 amide bonds. The zero-order valence-electron chi connectivity index (χ0n) is 6.26. The number of hydrogen-bond acceptors (Lipinski definition) is 3. The molecule has 1 saturated heterocycles. The molecule has 3 heteroatoms. The van der Waals surface area contributed by atoms with Crippen LogP contribution in [0.2, 0.25) is 0 Å². The summed E-state index contributed by atoms with van der Waals surface area (Å²) in [5.41, 5.74) is 0.954.